The van der Waals surface area contributed by atoms with Crippen molar-refractivity contribution in [1.82, 2.24) is 34.1 Å². The zero-order valence-corrected chi connectivity index (χ0v) is 27.9. The Balaban J connectivity index is 1.11. The molecule has 0 bridgehead atoms. The highest BCUT2D eigenvalue weighted by Gasteiger charge is 2.31. The molecular weight excluding hydrogens is 580 g/mol. The number of rotatable bonds is 5. The van der Waals surface area contributed by atoms with Gasteiger partial charge in [-0.2, -0.15) is 5.10 Å². The first-order valence-corrected chi connectivity index (χ1v) is 16.4. The Bertz CT molecular complexity index is 1690. The number of aromatic nitrogens is 5. The van der Waals surface area contributed by atoms with Crippen LogP contribution in [-0.4, -0.2) is 83.9 Å². The minimum atomic E-state index is -0.509. The monoisotopic (exact) mass is 626 g/mol. The fraction of sp³-hybridized carbons (Fsp3) is 0.514. The van der Waals surface area contributed by atoms with Crippen molar-refractivity contribution >= 4 is 28.6 Å². The molecule has 46 heavy (non-hydrogen) atoms. The quantitative estimate of drug-likeness (QED) is 0.277. The first kappa shape index (κ1) is 31.6. The second-order valence-electron chi connectivity index (χ2n) is 14.6. The van der Waals surface area contributed by atoms with Gasteiger partial charge in [-0.1, -0.05) is 26.8 Å². The Morgan fingerprint density at radius 1 is 0.913 bits per heavy atom. The third kappa shape index (κ3) is 7.03. The number of nitrogens with one attached hydrogen (secondary N) is 1. The predicted octanol–water partition coefficient (Wildman–Crippen LogP) is 6.31. The highest BCUT2D eigenvalue weighted by atomic mass is 16.6. The molecule has 1 atom stereocenters. The van der Waals surface area contributed by atoms with Crippen molar-refractivity contribution in [3.8, 4) is 17.1 Å². The van der Waals surface area contributed by atoms with Crippen LogP contribution in [0.5, 0.6) is 0 Å². The van der Waals surface area contributed by atoms with Gasteiger partial charge in [0.2, 0.25) is 5.91 Å². The summed E-state index contributed by atoms with van der Waals surface area (Å²) in [6.45, 7) is 14.4. The maximum atomic E-state index is 12.7. The van der Waals surface area contributed by atoms with E-state index in [0.717, 1.165) is 66.6 Å². The molecule has 1 unspecified atom stereocenters. The van der Waals surface area contributed by atoms with Gasteiger partial charge in [0.1, 0.15) is 5.60 Å². The van der Waals surface area contributed by atoms with Crippen LogP contribution < -0.4 is 5.32 Å². The summed E-state index contributed by atoms with van der Waals surface area (Å²) in [6, 6.07) is 8.81. The van der Waals surface area contributed by atoms with Crippen molar-refractivity contribution in [2.75, 3.05) is 31.5 Å². The summed E-state index contributed by atoms with van der Waals surface area (Å²) < 4.78 is 9.69. The van der Waals surface area contributed by atoms with Crippen LogP contribution in [-0.2, 0) is 9.53 Å². The molecule has 0 aliphatic carbocycles. The Morgan fingerprint density at radius 3 is 2.35 bits per heavy atom. The van der Waals surface area contributed by atoms with E-state index in [1.165, 1.54) is 0 Å². The number of amides is 2. The van der Waals surface area contributed by atoms with Crippen LogP contribution in [0.4, 0.5) is 10.5 Å². The summed E-state index contributed by atoms with van der Waals surface area (Å²) >= 11 is 0. The van der Waals surface area contributed by atoms with Crippen molar-refractivity contribution in [3.63, 3.8) is 0 Å². The van der Waals surface area contributed by atoms with Gasteiger partial charge in [0.15, 0.2) is 5.82 Å². The van der Waals surface area contributed by atoms with Crippen molar-refractivity contribution in [1.29, 1.82) is 0 Å². The van der Waals surface area contributed by atoms with Gasteiger partial charge in [0.05, 0.1) is 41.4 Å². The third-order valence-corrected chi connectivity index (χ3v) is 8.68. The summed E-state index contributed by atoms with van der Waals surface area (Å²) in [5.74, 6) is 0.834. The SMILES string of the molecule is CC(C)(C)OC(=O)N1CCCC(Nc2ccc3ccn(-c4cnc(-c5cnn(C6CCN(C(=O)C(C)(C)C)CC6)c5)nc4)c3c2)C1. The number of carbonyl (C=O) groups is 2. The van der Waals surface area contributed by atoms with Crippen LogP contribution in [0.15, 0.2) is 55.2 Å². The molecule has 2 amide bonds. The Labute approximate surface area is 270 Å². The molecule has 5 heterocycles. The van der Waals surface area contributed by atoms with Crippen LogP contribution in [0, 0.1) is 5.41 Å². The number of nitrogens with zero attached hydrogens (tertiary/aromatic N) is 7. The zero-order valence-electron chi connectivity index (χ0n) is 27.9. The van der Waals surface area contributed by atoms with Crippen molar-refractivity contribution in [2.45, 2.75) is 84.9 Å². The van der Waals surface area contributed by atoms with E-state index < -0.39 is 5.60 Å². The molecular formula is C35H46N8O3. The van der Waals surface area contributed by atoms with E-state index in [-0.39, 0.29) is 29.5 Å². The molecule has 244 valence electrons. The van der Waals surface area contributed by atoms with E-state index in [1.807, 2.05) is 82.1 Å². The third-order valence-electron chi connectivity index (χ3n) is 8.68. The smallest absolute Gasteiger partial charge is 0.410 e. The van der Waals surface area contributed by atoms with Crippen LogP contribution in [0.1, 0.15) is 73.3 Å². The first-order chi connectivity index (χ1) is 21.8. The lowest BCUT2D eigenvalue weighted by Crippen LogP contribution is -2.46. The maximum absolute atomic E-state index is 12.7. The minimum Gasteiger partial charge on any atom is -0.444 e. The number of carbonyl (C=O) groups excluding carboxylic acids is 2. The lowest BCUT2D eigenvalue weighted by molar-refractivity contribution is -0.140. The van der Waals surface area contributed by atoms with Crippen LogP contribution in [0.2, 0.25) is 0 Å². The second kappa shape index (κ2) is 12.4. The second-order valence-corrected chi connectivity index (χ2v) is 14.6. The van der Waals surface area contributed by atoms with Crippen LogP contribution >= 0.6 is 0 Å². The molecule has 1 aromatic carbocycles. The van der Waals surface area contributed by atoms with Gasteiger partial charge in [-0.3, -0.25) is 9.48 Å². The number of benzene rings is 1. The van der Waals surface area contributed by atoms with Gasteiger partial charge >= 0.3 is 6.09 Å². The summed E-state index contributed by atoms with van der Waals surface area (Å²) in [5.41, 5.74) is 2.92. The van der Waals surface area contributed by atoms with E-state index in [4.69, 9.17) is 14.7 Å². The lowest BCUT2D eigenvalue weighted by Gasteiger charge is -2.35. The summed E-state index contributed by atoms with van der Waals surface area (Å²) in [5, 5.41) is 9.38. The van der Waals surface area contributed by atoms with E-state index in [0.29, 0.717) is 18.9 Å². The molecule has 0 spiro atoms. The number of hydrogen-bond acceptors (Lipinski definition) is 7. The van der Waals surface area contributed by atoms with E-state index in [1.54, 1.807) is 4.90 Å². The molecule has 11 nitrogen and oxygen atoms in total. The van der Waals surface area contributed by atoms with Gasteiger partial charge in [-0.25, -0.2) is 14.8 Å². The number of piperidine rings is 2. The Morgan fingerprint density at radius 2 is 1.65 bits per heavy atom. The number of hydrogen-bond donors (Lipinski definition) is 1. The molecule has 0 radical (unpaired) electrons. The Kier molecular flexibility index (Phi) is 8.52. The van der Waals surface area contributed by atoms with Gasteiger partial charge in [-0.05, 0) is 64.7 Å². The summed E-state index contributed by atoms with van der Waals surface area (Å²) in [4.78, 5) is 38.5. The average molecular weight is 627 g/mol. The normalized spacial score (nSPS) is 18.2. The molecule has 2 fully saturated rings. The van der Waals surface area contributed by atoms with E-state index >= 15 is 0 Å². The molecule has 2 aliphatic heterocycles. The fourth-order valence-electron chi connectivity index (χ4n) is 6.32. The average Bonchev–Trinajstić information content (AvgIpc) is 3.68. The highest BCUT2D eigenvalue weighted by Crippen LogP contribution is 2.29. The molecule has 2 saturated heterocycles. The predicted molar refractivity (Wildman–Crippen MR) is 179 cm³/mol. The fourth-order valence-corrected chi connectivity index (χ4v) is 6.32. The summed E-state index contributed by atoms with van der Waals surface area (Å²) in [7, 11) is 0. The molecule has 0 saturated carbocycles. The largest absolute Gasteiger partial charge is 0.444 e. The van der Waals surface area contributed by atoms with Crippen LogP contribution in [0.25, 0.3) is 28.0 Å². The number of anilines is 1. The number of ether oxygens (including phenoxy) is 1. The van der Waals surface area contributed by atoms with Gasteiger partial charge in [0.25, 0.3) is 0 Å². The standard InChI is InChI=1S/C35H46N8O3/c1-34(2,3)32(44)40-15-12-28(13-16-40)43-22-25(19-38-43)31-36-20-29(21-37-31)42-17-11-24-9-10-26(18-30(24)42)39-27-8-7-14-41(23-27)33(45)46-35(4,5)6/h9-11,17-22,27-28,39H,7-8,12-16,23H2,1-6H3. The molecule has 6 rings (SSSR count). The van der Waals surface area contributed by atoms with Crippen molar-refractivity contribution < 1.29 is 14.3 Å². The van der Waals surface area contributed by atoms with Gasteiger partial charge < -0.3 is 24.4 Å². The first-order valence-electron chi connectivity index (χ1n) is 16.4. The summed E-state index contributed by atoms with van der Waals surface area (Å²) in [6.07, 6.45) is 13.0. The number of likely N-dealkylation sites (tertiary alicyclic amines) is 2. The van der Waals surface area contributed by atoms with E-state index in [9.17, 15) is 9.59 Å². The minimum absolute atomic E-state index is 0.143. The highest BCUT2D eigenvalue weighted by molar-refractivity contribution is 5.85. The van der Waals surface area contributed by atoms with Crippen molar-refractivity contribution in [2.24, 2.45) is 5.41 Å². The zero-order chi connectivity index (χ0) is 32.6. The molecule has 11 heteroatoms. The number of fused-ring (bicyclic) bond motifs is 1. The molecule has 1 N–H and O–H groups in total. The van der Waals surface area contributed by atoms with E-state index in [2.05, 4.69) is 39.2 Å². The van der Waals surface area contributed by atoms with Crippen LogP contribution in [0.3, 0.4) is 0 Å². The van der Waals surface area contributed by atoms with Gasteiger partial charge in [-0.15, -0.1) is 0 Å². The van der Waals surface area contributed by atoms with Crippen molar-refractivity contribution in [3.05, 3.63) is 55.2 Å². The maximum Gasteiger partial charge on any atom is 0.410 e. The molecule has 4 aromatic rings. The molecule has 2 aliphatic rings. The topological polar surface area (TPSA) is 110 Å². The van der Waals surface area contributed by atoms with Gasteiger partial charge in [0, 0.05) is 61.1 Å². The lowest BCUT2D eigenvalue weighted by atomic mass is 9.93. The molecule has 3 aromatic heterocycles. The Hall–Kier alpha value is -4.41.